The van der Waals surface area contributed by atoms with E-state index in [1.54, 1.807) is 39.8 Å². The van der Waals surface area contributed by atoms with E-state index in [0.29, 0.717) is 0 Å². The second kappa shape index (κ2) is 8.91. The lowest BCUT2D eigenvalue weighted by Gasteiger charge is -2.28. The lowest BCUT2D eigenvalue weighted by molar-refractivity contribution is -0.175. The number of hydrogen-bond acceptors (Lipinski definition) is 9. The van der Waals surface area contributed by atoms with Crippen LogP contribution in [0.4, 0.5) is 0 Å². The molecule has 32 heavy (non-hydrogen) atoms. The molecule has 1 aromatic carbocycles. The van der Waals surface area contributed by atoms with E-state index in [2.05, 4.69) is 4.72 Å². The predicted molar refractivity (Wildman–Crippen MR) is 115 cm³/mol. The van der Waals surface area contributed by atoms with Crippen molar-refractivity contribution in [2.24, 2.45) is 0 Å². The third-order valence-corrected chi connectivity index (χ3v) is 7.07. The molecule has 2 aliphatic heterocycles. The van der Waals surface area contributed by atoms with Gasteiger partial charge in [-0.05, 0) is 46.8 Å². The largest absolute Gasteiger partial charge is 0.348 e. The van der Waals surface area contributed by atoms with E-state index in [1.165, 1.54) is 12.1 Å². The molecule has 182 valence electrons. The molecule has 1 N–H and O–H groups in total. The van der Waals surface area contributed by atoms with Crippen molar-refractivity contribution in [2.45, 2.75) is 75.5 Å². The Labute approximate surface area is 189 Å². The molecular formula is C20H31NO9S2. The lowest BCUT2D eigenvalue weighted by Crippen LogP contribution is -2.49. The molecule has 2 aliphatic rings. The molecule has 3 rings (SSSR count). The second-order valence-corrected chi connectivity index (χ2v) is 12.3. The van der Waals surface area contributed by atoms with Crippen LogP contribution in [0.5, 0.6) is 0 Å². The van der Waals surface area contributed by atoms with Gasteiger partial charge in [0.05, 0.1) is 17.8 Å². The highest BCUT2D eigenvalue weighted by molar-refractivity contribution is 7.89. The summed E-state index contributed by atoms with van der Waals surface area (Å²) in [5.41, 5.74) is 0.908. The van der Waals surface area contributed by atoms with Gasteiger partial charge in [-0.2, -0.15) is 8.42 Å². The monoisotopic (exact) mass is 493 g/mol. The van der Waals surface area contributed by atoms with Gasteiger partial charge in [-0.3, -0.25) is 4.18 Å². The van der Waals surface area contributed by atoms with Crippen molar-refractivity contribution in [1.82, 2.24) is 4.72 Å². The van der Waals surface area contributed by atoms with Gasteiger partial charge in [0.25, 0.3) is 10.1 Å². The first kappa shape index (κ1) is 25.5. The Bertz CT molecular complexity index is 1020. The summed E-state index contributed by atoms with van der Waals surface area (Å²) in [6.07, 6.45) is -2.56. The zero-order chi connectivity index (χ0) is 23.9. The topological polar surface area (TPSA) is 126 Å². The summed E-state index contributed by atoms with van der Waals surface area (Å²) in [7, 11) is -7.87. The fourth-order valence-corrected chi connectivity index (χ4v) is 5.36. The smallest absolute Gasteiger partial charge is 0.264 e. The summed E-state index contributed by atoms with van der Waals surface area (Å²) in [6, 6.07) is 6.28. The minimum atomic E-state index is -3.95. The van der Waals surface area contributed by atoms with Gasteiger partial charge >= 0.3 is 0 Å². The highest BCUT2D eigenvalue weighted by Gasteiger charge is 2.53. The highest BCUT2D eigenvalue weighted by Crippen LogP contribution is 2.37. The Morgan fingerprint density at radius 1 is 1.03 bits per heavy atom. The minimum Gasteiger partial charge on any atom is -0.348 e. The van der Waals surface area contributed by atoms with Crippen LogP contribution < -0.4 is 4.72 Å². The number of rotatable bonds is 8. The molecular weight excluding hydrogens is 462 g/mol. The molecule has 2 fully saturated rings. The molecule has 0 aliphatic carbocycles. The first-order chi connectivity index (χ1) is 14.6. The highest BCUT2D eigenvalue weighted by atomic mass is 32.2. The van der Waals surface area contributed by atoms with E-state index in [9.17, 15) is 16.8 Å². The zero-order valence-electron chi connectivity index (χ0n) is 19.0. The van der Waals surface area contributed by atoms with Crippen LogP contribution in [-0.4, -0.2) is 72.2 Å². The van der Waals surface area contributed by atoms with Crippen LogP contribution >= 0.6 is 0 Å². The van der Waals surface area contributed by atoms with Crippen molar-refractivity contribution in [2.75, 3.05) is 19.4 Å². The summed E-state index contributed by atoms with van der Waals surface area (Å²) >= 11 is 0. The molecule has 0 bridgehead atoms. The maximum atomic E-state index is 12.7. The molecule has 10 nitrogen and oxygen atoms in total. The van der Waals surface area contributed by atoms with E-state index in [0.717, 1.165) is 11.8 Å². The fourth-order valence-electron chi connectivity index (χ4n) is 3.69. The van der Waals surface area contributed by atoms with E-state index < -0.39 is 56.1 Å². The van der Waals surface area contributed by atoms with Gasteiger partial charge in [0.15, 0.2) is 11.6 Å². The van der Waals surface area contributed by atoms with Crippen LogP contribution in [-0.2, 0) is 43.3 Å². The van der Waals surface area contributed by atoms with Gasteiger partial charge in [0.2, 0.25) is 10.0 Å². The summed E-state index contributed by atoms with van der Waals surface area (Å²) in [6.45, 7) is 8.54. The fraction of sp³-hybridized carbons (Fsp3) is 0.700. The van der Waals surface area contributed by atoms with Gasteiger partial charge in [0.1, 0.15) is 24.4 Å². The van der Waals surface area contributed by atoms with Crippen LogP contribution in [0.1, 0.15) is 33.3 Å². The molecule has 2 heterocycles. The number of hydrogen-bond donors (Lipinski definition) is 1. The molecule has 0 saturated carbocycles. The zero-order valence-corrected chi connectivity index (χ0v) is 20.7. The number of sulfonamides is 1. The van der Waals surface area contributed by atoms with Gasteiger partial charge in [-0.15, -0.1) is 0 Å². The Morgan fingerprint density at radius 2 is 1.66 bits per heavy atom. The molecule has 4 atom stereocenters. The normalized spacial score (nSPS) is 28.6. The Kier molecular flexibility index (Phi) is 7.10. The third-order valence-electron chi connectivity index (χ3n) is 5.03. The van der Waals surface area contributed by atoms with Crippen molar-refractivity contribution >= 4 is 20.1 Å². The molecule has 12 heteroatoms. The Hall–Kier alpha value is -1.12. The molecule has 0 aromatic heterocycles. The molecule has 0 spiro atoms. The third kappa shape index (κ3) is 6.48. The van der Waals surface area contributed by atoms with Crippen LogP contribution in [0.3, 0.4) is 0 Å². The average Bonchev–Trinajstić information content (AvgIpc) is 3.16. The Morgan fingerprint density at radius 3 is 2.19 bits per heavy atom. The quantitative estimate of drug-likeness (QED) is 0.533. The van der Waals surface area contributed by atoms with Crippen LogP contribution in [0.2, 0.25) is 0 Å². The van der Waals surface area contributed by atoms with Crippen LogP contribution in [0.25, 0.3) is 0 Å². The van der Waals surface area contributed by atoms with Gasteiger partial charge in [-0.1, -0.05) is 17.7 Å². The maximum absolute atomic E-state index is 12.7. The molecule has 1 aromatic rings. The van der Waals surface area contributed by atoms with E-state index in [1.807, 2.05) is 6.92 Å². The van der Waals surface area contributed by atoms with Crippen LogP contribution in [0, 0.1) is 6.92 Å². The van der Waals surface area contributed by atoms with Crippen molar-refractivity contribution in [3.63, 3.8) is 0 Å². The number of benzene rings is 1. The number of nitrogens with one attached hydrogen (secondary N) is 1. The van der Waals surface area contributed by atoms with Crippen molar-refractivity contribution in [3.05, 3.63) is 29.8 Å². The van der Waals surface area contributed by atoms with Gasteiger partial charge in [0, 0.05) is 6.54 Å². The number of aryl methyl sites for hydroxylation is 1. The maximum Gasteiger partial charge on any atom is 0.264 e. The van der Waals surface area contributed by atoms with Crippen LogP contribution in [0.15, 0.2) is 29.2 Å². The van der Waals surface area contributed by atoms with E-state index >= 15 is 0 Å². The summed E-state index contributed by atoms with van der Waals surface area (Å²) in [5, 5.41) is 0. The van der Waals surface area contributed by atoms with Crippen molar-refractivity contribution < 1.29 is 40.0 Å². The predicted octanol–water partition coefficient (Wildman–Crippen LogP) is 1.29. The number of ether oxygens (including phenoxy) is 4. The van der Waals surface area contributed by atoms with Crippen molar-refractivity contribution in [1.29, 1.82) is 0 Å². The molecule has 0 amide bonds. The molecule has 0 radical (unpaired) electrons. The second-order valence-electron chi connectivity index (χ2n) is 8.94. The van der Waals surface area contributed by atoms with Crippen molar-refractivity contribution in [3.8, 4) is 0 Å². The average molecular weight is 494 g/mol. The van der Waals surface area contributed by atoms with Gasteiger partial charge in [-0.25, -0.2) is 13.1 Å². The van der Waals surface area contributed by atoms with E-state index in [4.69, 9.17) is 23.1 Å². The SMILES string of the molecule is Cc1ccc(S(=O)(=O)NC[C@H](OS(C)(=O)=O)[C@H]2OC(C)(C)O[C@@H]2[C@H]2COC(C)(C)O2)cc1. The summed E-state index contributed by atoms with van der Waals surface area (Å²) in [5.74, 6) is -1.91. The lowest BCUT2D eigenvalue weighted by atomic mass is 10.0. The standard InChI is InChI=1S/C20H31NO9S2/c1-13-7-9-14(10-8-13)32(24,25)21-11-15(30-31(6,22)23)17-18(29-20(4,5)28-17)16-12-26-19(2,3)27-16/h7-10,15-18,21H,11-12H2,1-6H3/t15-,16+,17+,18+/m0/s1. The molecule has 2 saturated heterocycles. The van der Waals surface area contributed by atoms with Gasteiger partial charge < -0.3 is 18.9 Å². The first-order valence-corrected chi connectivity index (χ1v) is 13.5. The molecule has 0 unspecified atom stereocenters. The first-order valence-electron chi connectivity index (χ1n) is 10.2. The minimum absolute atomic E-state index is 0.0518. The summed E-state index contributed by atoms with van der Waals surface area (Å²) < 4.78 is 80.6. The van der Waals surface area contributed by atoms with E-state index in [-0.39, 0.29) is 18.0 Å². The summed E-state index contributed by atoms with van der Waals surface area (Å²) in [4.78, 5) is 0.0518. The Balaban J connectivity index is 1.84.